The summed E-state index contributed by atoms with van der Waals surface area (Å²) in [7, 11) is 0. The van der Waals surface area contributed by atoms with Crippen molar-refractivity contribution in [2.45, 2.75) is 20.1 Å². The maximum atomic E-state index is 12.2. The van der Waals surface area contributed by atoms with Gasteiger partial charge in [0.15, 0.2) is 0 Å². The first kappa shape index (κ1) is 21.1. The zero-order chi connectivity index (χ0) is 22.3. The smallest absolute Gasteiger partial charge is 0.331 e. The van der Waals surface area contributed by atoms with Gasteiger partial charge in [-0.15, -0.1) is 0 Å². The fourth-order valence-electron chi connectivity index (χ4n) is 3.10. The topological polar surface area (TPSA) is 69.9 Å². The van der Waals surface area contributed by atoms with E-state index < -0.39 is 5.97 Å². The second kappa shape index (κ2) is 9.75. The Hall–Kier alpha value is -4.19. The average molecular weight is 426 g/mol. The molecule has 0 spiro atoms. The maximum Gasteiger partial charge on any atom is 0.331 e. The standard InChI is InChI=1S/C26H22N2O4/c1-19-13-14-28-24(15-19)27-22(16-25(28)29)18-32-26(30)12-9-20-7-10-23(11-8-20)31-17-21-5-3-2-4-6-21/h2-16H,17-18H2,1H3/b12-9+. The highest BCUT2D eigenvalue weighted by Gasteiger charge is 2.05. The summed E-state index contributed by atoms with van der Waals surface area (Å²) in [6, 6.07) is 22.4. The van der Waals surface area contributed by atoms with Crippen molar-refractivity contribution in [2.75, 3.05) is 0 Å². The number of carbonyl (C=O) groups excluding carboxylic acids is 1. The molecule has 32 heavy (non-hydrogen) atoms. The molecule has 2 aromatic heterocycles. The Bertz CT molecular complexity index is 1310. The van der Waals surface area contributed by atoms with Crippen molar-refractivity contribution in [2.24, 2.45) is 0 Å². The Kier molecular flexibility index (Phi) is 6.41. The van der Waals surface area contributed by atoms with Gasteiger partial charge in [-0.1, -0.05) is 42.5 Å². The lowest BCUT2D eigenvalue weighted by molar-refractivity contribution is -0.139. The molecule has 0 fully saturated rings. The Morgan fingerprint density at radius 3 is 2.56 bits per heavy atom. The van der Waals surface area contributed by atoms with Gasteiger partial charge in [0.25, 0.3) is 5.56 Å². The van der Waals surface area contributed by atoms with E-state index in [2.05, 4.69) is 4.98 Å². The summed E-state index contributed by atoms with van der Waals surface area (Å²) in [5.74, 6) is 0.234. The van der Waals surface area contributed by atoms with Gasteiger partial charge in [-0.25, -0.2) is 9.78 Å². The van der Waals surface area contributed by atoms with Crippen LogP contribution >= 0.6 is 0 Å². The highest BCUT2D eigenvalue weighted by molar-refractivity contribution is 5.87. The molecule has 0 aliphatic rings. The van der Waals surface area contributed by atoms with E-state index in [1.165, 1.54) is 16.5 Å². The predicted octanol–water partition coefficient (Wildman–Crippen LogP) is 4.34. The summed E-state index contributed by atoms with van der Waals surface area (Å²) in [5.41, 5.74) is 3.64. The van der Waals surface area contributed by atoms with E-state index in [4.69, 9.17) is 9.47 Å². The molecule has 0 amide bonds. The molecule has 6 nitrogen and oxygen atoms in total. The minimum atomic E-state index is -0.513. The molecular formula is C26H22N2O4. The van der Waals surface area contributed by atoms with Gasteiger partial charge in [-0.05, 0) is 54.0 Å². The second-order valence-electron chi connectivity index (χ2n) is 7.30. The molecule has 4 rings (SSSR count). The lowest BCUT2D eigenvalue weighted by Crippen LogP contribution is -2.16. The van der Waals surface area contributed by atoms with Crippen LogP contribution in [0.3, 0.4) is 0 Å². The van der Waals surface area contributed by atoms with Gasteiger partial charge < -0.3 is 9.47 Å². The number of aromatic nitrogens is 2. The van der Waals surface area contributed by atoms with Crippen LogP contribution in [0.2, 0.25) is 0 Å². The van der Waals surface area contributed by atoms with E-state index in [9.17, 15) is 9.59 Å². The van der Waals surface area contributed by atoms with Crippen LogP contribution in [-0.2, 0) is 22.7 Å². The number of esters is 1. The van der Waals surface area contributed by atoms with Crippen LogP contribution in [0.5, 0.6) is 5.75 Å². The molecule has 0 saturated carbocycles. The molecular weight excluding hydrogens is 404 g/mol. The van der Waals surface area contributed by atoms with Crippen molar-refractivity contribution in [1.29, 1.82) is 0 Å². The van der Waals surface area contributed by atoms with E-state index in [1.807, 2.05) is 67.6 Å². The number of hydrogen-bond donors (Lipinski definition) is 0. The normalized spacial score (nSPS) is 11.0. The number of carbonyl (C=O) groups is 1. The van der Waals surface area contributed by atoms with E-state index in [-0.39, 0.29) is 12.2 Å². The lowest BCUT2D eigenvalue weighted by atomic mass is 10.2. The zero-order valence-corrected chi connectivity index (χ0v) is 17.6. The molecule has 0 bridgehead atoms. The zero-order valence-electron chi connectivity index (χ0n) is 17.6. The first-order valence-electron chi connectivity index (χ1n) is 10.2. The monoisotopic (exact) mass is 426 g/mol. The Morgan fingerprint density at radius 2 is 1.78 bits per heavy atom. The largest absolute Gasteiger partial charge is 0.489 e. The van der Waals surface area contributed by atoms with Crippen LogP contribution < -0.4 is 10.3 Å². The van der Waals surface area contributed by atoms with Crippen molar-refractivity contribution >= 4 is 17.7 Å². The molecule has 0 atom stereocenters. The Labute approximate surface area is 185 Å². The van der Waals surface area contributed by atoms with Crippen molar-refractivity contribution < 1.29 is 14.3 Å². The number of rotatable bonds is 7. The highest BCUT2D eigenvalue weighted by atomic mass is 16.5. The molecule has 4 aromatic rings. The van der Waals surface area contributed by atoms with Crippen molar-refractivity contribution in [3.05, 3.63) is 118 Å². The summed E-state index contributed by atoms with van der Waals surface area (Å²) in [6.45, 7) is 2.34. The van der Waals surface area contributed by atoms with Gasteiger partial charge in [0, 0.05) is 18.3 Å². The molecule has 0 aliphatic carbocycles. The molecule has 0 unspecified atom stereocenters. The predicted molar refractivity (Wildman–Crippen MR) is 122 cm³/mol. The number of nitrogens with zero attached hydrogens (tertiary/aromatic N) is 2. The van der Waals surface area contributed by atoms with Crippen LogP contribution in [0, 0.1) is 6.92 Å². The minimum absolute atomic E-state index is 0.0743. The van der Waals surface area contributed by atoms with Crippen molar-refractivity contribution in [3.8, 4) is 5.75 Å². The van der Waals surface area contributed by atoms with Crippen LogP contribution in [0.15, 0.2) is 89.9 Å². The van der Waals surface area contributed by atoms with Crippen LogP contribution in [-0.4, -0.2) is 15.4 Å². The van der Waals surface area contributed by atoms with E-state index in [0.717, 1.165) is 22.4 Å². The Morgan fingerprint density at radius 1 is 1.00 bits per heavy atom. The maximum absolute atomic E-state index is 12.2. The van der Waals surface area contributed by atoms with E-state index in [0.29, 0.717) is 17.9 Å². The lowest BCUT2D eigenvalue weighted by Gasteiger charge is -2.06. The van der Waals surface area contributed by atoms with Crippen molar-refractivity contribution in [3.63, 3.8) is 0 Å². The third kappa shape index (κ3) is 5.49. The van der Waals surface area contributed by atoms with Gasteiger partial charge in [-0.3, -0.25) is 9.20 Å². The van der Waals surface area contributed by atoms with Crippen LogP contribution in [0.25, 0.3) is 11.7 Å². The molecule has 160 valence electrons. The third-order valence-corrected chi connectivity index (χ3v) is 4.78. The quantitative estimate of drug-likeness (QED) is 0.325. The minimum Gasteiger partial charge on any atom is -0.489 e. The fourth-order valence-corrected chi connectivity index (χ4v) is 3.10. The van der Waals surface area contributed by atoms with Crippen molar-refractivity contribution in [1.82, 2.24) is 9.38 Å². The van der Waals surface area contributed by atoms with Crippen LogP contribution in [0.4, 0.5) is 0 Å². The first-order valence-corrected chi connectivity index (χ1v) is 10.2. The van der Waals surface area contributed by atoms with Gasteiger partial charge >= 0.3 is 5.97 Å². The van der Waals surface area contributed by atoms with Gasteiger partial charge in [0.1, 0.15) is 24.6 Å². The number of hydrogen-bond acceptors (Lipinski definition) is 5. The molecule has 6 heteroatoms. The van der Waals surface area contributed by atoms with Gasteiger partial charge in [-0.2, -0.15) is 0 Å². The Balaban J connectivity index is 1.31. The number of fused-ring (bicyclic) bond motifs is 1. The SMILES string of the molecule is Cc1ccn2c(=O)cc(COC(=O)/C=C/c3ccc(OCc4ccccc4)cc3)nc2c1. The summed E-state index contributed by atoms with van der Waals surface area (Å²) in [6.07, 6.45) is 4.68. The summed E-state index contributed by atoms with van der Waals surface area (Å²) in [4.78, 5) is 28.6. The molecule has 0 aliphatic heterocycles. The summed E-state index contributed by atoms with van der Waals surface area (Å²) < 4.78 is 12.4. The molecule has 0 radical (unpaired) electrons. The molecule has 2 heterocycles. The van der Waals surface area contributed by atoms with E-state index >= 15 is 0 Å². The van der Waals surface area contributed by atoms with Gasteiger partial charge in [0.2, 0.25) is 0 Å². The summed E-state index contributed by atoms with van der Waals surface area (Å²) in [5, 5.41) is 0. The molecule has 0 N–H and O–H groups in total. The number of pyridine rings is 1. The van der Waals surface area contributed by atoms with Gasteiger partial charge in [0.05, 0.1) is 5.69 Å². The molecule has 2 aromatic carbocycles. The number of ether oxygens (including phenoxy) is 2. The number of benzene rings is 2. The third-order valence-electron chi connectivity index (χ3n) is 4.78. The average Bonchev–Trinajstić information content (AvgIpc) is 2.81. The molecule has 0 saturated heterocycles. The summed E-state index contributed by atoms with van der Waals surface area (Å²) >= 11 is 0. The fraction of sp³-hybridized carbons (Fsp3) is 0.115. The number of aryl methyl sites for hydroxylation is 1. The van der Waals surface area contributed by atoms with E-state index in [1.54, 1.807) is 18.3 Å². The first-order chi connectivity index (χ1) is 15.6. The highest BCUT2D eigenvalue weighted by Crippen LogP contribution is 2.15. The van der Waals surface area contributed by atoms with Crippen LogP contribution in [0.1, 0.15) is 22.4 Å². The second-order valence-corrected chi connectivity index (χ2v) is 7.30.